The number of hydrogen-bond donors (Lipinski definition) is 2. The number of ether oxygens (including phenoxy) is 1. The van der Waals surface area contributed by atoms with E-state index in [0.717, 1.165) is 44.6 Å². The fourth-order valence-corrected chi connectivity index (χ4v) is 4.22. The highest BCUT2D eigenvalue weighted by molar-refractivity contribution is 6.04. The summed E-state index contributed by atoms with van der Waals surface area (Å²) >= 11 is 0. The van der Waals surface area contributed by atoms with Gasteiger partial charge < -0.3 is 20.1 Å². The lowest BCUT2D eigenvalue weighted by molar-refractivity contribution is 0.00688. The maximum absolute atomic E-state index is 12.6. The quantitative estimate of drug-likeness (QED) is 0.766. The first kappa shape index (κ1) is 20.7. The van der Waals surface area contributed by atoms with Gasteiger partial charge in [0, 0.05) is 25.0 Å². The van der Waals surface area contributed by atoms with Crippen LogP contribution in [-0.2, 0) is 0 Å². The first-order valence-electron chi connectivity index (χ1n) is 11.2. The van der Waals surface area contributed by atoms with E-state index in [0.29, 0.717) is 17.0 Å². The van der Waals surface area contributed by atoms with Gasteiger partial charge >= 0.3 is 0 Å². The Hall–Kier alpha value is -2.60. The number of pyridine rings is 1. The van der Waals surface area contributed by atoms with Crippen molar-refractivity contribution in [2.75, 3.05) is 23.3 Å². The Morgan fingerprint density at radius 2 is 1.70 bits per heavy atom. The Kier molecular flexibility index (Phi) is 6.84. The first-order chi connectivity index (χ1) is 14.7. The summed E-state index contributed by atoms with van der Waals surface area (Å²) in [6.07, 6.45) is 9.87. The fourth-order valence-electron chi connectivity index (χ4n) is 4.22. The van der Waals surface area contributed by atoms with Gasteiger partial charge in [-0.25, -0.2) is 4.98 Å². The normalized spacial score (nSPS) is 22.2. The van der Waals surface area contributed by atoms with Crippen molar-refractivity contribution in [3.8, 4) is 5.75 Å². The van der Waals surface area contributed by atoms with Crippen LogP contribution in [0.5, 0.6) is 5.75 Å². The van der Waals surface area contributed by atoms with Crippen molar-refractivity contribution in [3.63, 3.8) is 0 Å². The number of aliphatic hydroxyl groups excluding tert-OH is 1. The van der Waals surface area contributed by atoms with Crippen molar-refractivity contribution in [2.45, 2.75) is 63.6 Å². The zero-order chi connectivity index (χ0) is 20.8. The van der Waals surface area contributed by atoms with Crippen molar-refractivity contribution in [2.24, 2.45) is 0 Å². The second-order valence-corrected chi connectivity index (χ2v) is 8.29. The summed E-state index contributed by atoms with van der Waals surface area (Å²) in [4.78, 5) is 19.4. The van der Waals surface area contributed by atoms with Crippen LogP contribution in [0.15, 0.2) is 42.6 Å². The molecule has 1 saturated heterocycles. The van der Waals surface area contributed by atoms with Gasteiger partial charge in [0.25, 0.3) is 5.91 Å². The Morgan fingerprint density at radius 3 is 2.37 bits per heavy atom. The van der Waals surface area contributed by atoms with Crippen LogP contribution in [0, 0.1) is 0 Å². The van der Waals surface area contributed by atoms with E-state index in [4.69, 9.17) is 4.74 Å². The molecule has 160 valence electrons. The molecule has 1 aromatic heterocycles. The number of aromatic nitrogens is 1. The van der Waals surface area contributed by atoms with Crippen molar-refractivity contribution >= 4 is 17.4 Å². The van der Waals surface area contributed by atoms with E-state index in [1.807, 2.05) is 36.4 Å². The van der Waals surface area contributed by atoms with Gasteiger partial charge in [0.1, 0.15) is 17.7 Å². The Morgan fingerprint density at radius 1 is 0.967 bits per heavy atom. The van der Waals surface area contributed by atoms with Crippen molar-refractivity contribution < 1.29 is 14.6 Å². The molecule has 2 aliphatic rings. The van der Waals surface area contributed by atoms with Crippen LogP contribution in [0.3, 0.4) is 0 Å². The van der Waals surface area contributed by atoms with Gasteiger partial charge in [-0.3, -0.25) is 4.79 Å². The zero-order valence-electron chi connectivity index (χ0n) is 17.4. The summed E-state index contributed by atoms with van der Waals surface area (Å²) < 4.78 is 5.91. The molecule has 6 nitrogen and oxygen atoms in total. The summed E-state index contributed by atoms with van der Waals surface area (Å²) in [6.45, 7) is 2.07. The summed E-state index contributed by atoms with van der Waals surface area (Å²) in [7, 11) is 0. The van der Waals surface area contributed by atoms with E-state index < -0.39 is 6.10 Å². The largest absolute Gasteiger partial charge is 0.488 e. The number of rotatable bonds is 5. The number of carbonyl (C=O) groups excluding carboxylic acids is 1. The van der Waals surface area contributed by atoms with Crippen LogP contribution in [0.1, 0.15) is 61.7 Å². The summed E-state index contributed by atoms with van der Waals surface area (Å²) in [5.41, 5.74) is 1.24. The predicted octanol–water partition coefficient (Wildman–Crippen LogP) is 4.40. The van der Waals surface area contributed by atoms with Crippen molar-refractivity contribution in [1.82, 2.24) is 4.98 Å². The second-order valence-electron chi connectivity index (χ2n) is 8.29. The molecule has 0 unspecified atom stereocenters. The lowest BCUT2D eigenvalue weighted by Gasteiger charge is -2.28. The predicted molar refractivity (Wildman–Crippen MR) is 118 cm³/mol. The molecule has 6 heteroatoms. The molecule has 1 amide bonds. The fraction of sp³-hybridized carbons (Fsp3) is 0.500. The number of amides is 1. The van der Waals surface area contributed by atoms with E-state index in [2.05, 4.69) is 15.2 Å². The van der Waals surface area contributed by atoms with Crippen LogP contribution < -0.4 is 15.0 Å². The molecule has 1 aliphatic carbocycles. The molecule has 2 fully saturated rings. The van der Waals surface area contributed by atoms with E-state index >= 15 is 0 Å². The monoisotopic (exact) mass is 409 g/mol. The molecule has 0 bridgehead atoms. The van der Waals surface area contributed by atoms with Crippen LogP contribution in [0.4, 0.5) is 11.5 Å². The molecule has 2 atom stereocenters. The van der Waals surface area contributed by atoms with Gasteiger partial charge in [0.2, 0.25) is 0 Å². The number of carbonyl (C=O) groups is 1. The molecule has 2 N–H and O–H groups in total. The molecular weight excluding hydrogens is 378 g/mol. The lowest BCUT2D eigenvalue weighted by Crippen LogP contribution is -2.34. The maximum atomic E-state index is 12.6. The summed E-state index contributed by atoms with van der Waals surface area (Å²) in [6, 6.07) is 11.1. The number of nitrogens with zero attached hydrogens (tertiary/aromatic N) is 2. The molecule has 1 saturated carbocycles. The average Bonchev–Trinajstić information content (AvgIpc) is 3.06. The number of nitrogens with one attached hydrogen (secondary N) is 1. The molecular formula is C24H31N3O3. The van der Waals surface area contributed by atoms with Gasteiger partial charge in [-0.15, -0.1) is 0 Å². The van der Waals surface area contributed by atoms with Gasteiger partial charge in [-0.05, 0) is 68.5 Å². The molecule has 1 aliphatic heterocycles. The molecule has 30 heavy (non-hydrogen) atoms. The Bertz CT molecular complexity index is 815. The minimum absolute atomic E-state index is 0.145. The third kappa shape index (κ3) is 5.30. The van der Waals surface area contributed by atoms with E-state index in [-0.39, 0.29) is 12.0 Å². The molecule has 0 radical (unpaired) electrons. The topological polar surface area (TPSA) is 74.7 Å². The zero-order valence-corrected chi connectivity index (χ0v) is 17.4. The van der Waals surface area contributed by atoms with Gasteiger partial charge in [0.15, 0.2) is 0 Å². The Balaban J connectivity index is 1.33. The lowest BCUT2D eigenvalue weighted by atomic mass is 9.95. The van der Waals surface area contributed by atoms with E-state index in [1.165, 1.54) is 25.7 Å². The third-order valence-electron chi connectivity index (χ3n) is 6.01. The Labute approximate surface area is 178 Å². The van der Waals surface area contributed by atoms with Crippen LogP contribution in [-0.4, -0.2) is 41.3 Å². The molecule has 1 aromatic carbocycles. The molecule has 4 rings (SSSR count). The first-order valence-corrected chi connectivity index (χ1v) is 11.2. The summed E-state index contributed by atoms with van der Waals surface area (Å²) in [5, 5.41) is 13.0. The average molecular weight is 410 g/mol. The van der Waals surface area contributed by atoms with E-state index in [9.17, 15) is 9.90 Å². The van der Waals surface area contributed by atoms with Crippen molar-refractivity contribution in [3.05, 3.63) is 48.2 Å². The van der Waals surface area contributed by atoms with E-state index in [1.54, 1.807) is 6.20 Å². The highest BCUT2D eigenvalue weighted by Crippen LogP contribution is 2.25. The number of anilines is 2. The molecule has 2 aromatic rings. The maximum Gasteiger partial charge on any atom is 0.257 e. The number of aliphatic hydroxyl groups is 1. The van der Waals surface area contributed by atoms with Gasteiger partial charge in [-0.2, -0.15) is 0 Å². The van der Waals surface area contributed by atoms with Gasteiger partial charge in [0.05, 0.1) is 11.7 Å². The van der Waals surface area contributed by atoms with Crippen LogP contribution in [0.25, 0.3) is 0 Å². The number of hydrogen-bond acceptors (Lipinski definition) is 5. The minimum Gasteiger partial charge on any atom is -0.488 e. The second kappa shape index (κ2) is 9.94. The highest BCUT2D eigenvalue weighted by Gasteiger charge is 2.24. The smallest absolute Gasteiger partial charge is 0.257 e. The minimum atomic E-state index is -0.400. The standard InChI is InChI=1S/C24H31N3O3/c28-21-7-3-4-8-22(21)30-20-12-10-19(11-13-20)26-24(29)18-9-14-23(25-17-18)27-15-5-1-2-6-16-27/h9-14,17,21-22,28H,1-8,15-16H2,(H,26,29)/t21-,22+/m0/s1. The summed E-state index contributed by atoms with van der Waals surface area (Å²) in [5.74, 6) is 1.48. The van der Waals surface area contributed by atoms with Gasteiger partial charge in [-0.1, -0.05) is 19.3 Å². The highest BCUT2D eigenvalue weighted by atomic mass is 16.5. The molecule has 2 heterocycles. The SMILES string of the molecule is O=C(Nc1ccc(O[C@@H]2CCCC[C@@H]2O)cc1)c1ccc(N2CCCCCC2)nc1. The third-order valence-corrected chi connectivity index (χ3v) is 6.01. The molecule has 0 spiro atoms. The van der Waals surface area contributed by atoms with Crippen LogP contribution >= 0.6 is 0 Å². The number of benzene rings is 1. The van der Waals surface area contributed by atoms with Crippen LogP contribution in [0.2, 0.25) is 0 Å². The van der Waals surface area contributed by atoms with Crippen molar-refractivity contribution in [1.29, 1.82) is 0 Å².